The van der Waals surface area contributed by atoms with Crippen molar-refractivity contribution in [1.82, 2.24) is 5.32 Å². The molecule has 1 heterocycles. The molecule has 0 spiro atoms. The lowest BCUT2D eigenvalue weighted by Gasteiger charge is -2.34. The lowest BCUT2D eigenvalue weighted by molar-refractivity contribution is 0.0127. The van der Waals surface area contributed by atoms with E-state index in [-0.39, 0.29) is 0 Å². The number of nitrogens with one attached hydrogen (secondary N) is 1. The predicted octanol–water partition coefficient (Wildman–Crippen LogP) is 1.12. The molecule has 0 aliphatic carbocycles. The monoisotopic (exact) mass is 249 g/mol. The summed E-state index contributed by atoms with van der Waals surface area (Å²) in [5, 5.41) is 1.39. The molecule has 84 valence electrons. The van der Waals surface area contributed by atoms with Gasteiger partial charge in [0.15, 0.2) is 0 Å². The van der Waals surface area contributed by atoms with Gasteiger partial charge in [-0.25, -0.2) is 0 Å². The molecule has 0 amide bonds. The van der Waals surface area contributed by atoms with Crippen molar-refractivity contribution in [2.45, 2.75) is 29.9 Å². The van der Waals surface area contributed by atoms with Crippen molar-refractivity contribution in [3.63, 3.8) is 0 Å². The number of hydrogen-bond donors (Lipinski definition) is 3. The van der Waals surface area contributed by atoms with Crippen LogP contribution in [0.15, 0.2) is 0 Å². The Bertz CT molecular complexity index is 259. The Morgan fingerprint density at radius 1 is 1.50 bits per heavy atom. The Morgan fingerprint density at radius 3 is 2.50 bits per heavy atom. The van der Waals surface area contributed by atoms with Gasteiger partial charge in [0.05, 0.1) is 5.38 Å². The quantitative estimate of drug-likeness (QED) is 0.507. The minimum absolute atomic E-state index is 0.295. The summed E-state index contributed by atoms with van der Waals surface area (Å²) in [5.74, 6) is 0. The molecule has 1 aliphatic heterocycles. The van der Waals surface area contributed by atoms with Crippen LogP contribution >= 0.6 is 19.2 Å². The van der Waals surface area contributed by atoms with Crippen LogP contribution in [0.3, 0.4) is 0 Å². The standard InChI is InChI=1S/C6H11ClF2NO3P/c7-4-2-1-3-10-5(4)6(8,9)14(11,12)13/h4-5,10H,1-3H2,(H2,11,12,13). The fourth-order valence-electron chi connectivity index (χ4n) is 1.37. The molecule has 2 unspecified atom stereocenters. The normalized spacial score (nSPS) is 30.4. The summed E-state index contributed by atoms with van der Waals surface area (Å²) in [5.41, 5.74) is -4.10. The number of rotatable bonds is 2. The first kappa shape index (κ1) is 12.3. The summed E-state index contributed by atoms with van der Waals surface area (Å²) < 4.78 is 36.9. The largest absolute Gasteiger partial charge is 0.396 e. The summed E-state index contributed by atoms with van der Waals surface area (Å²) >= 11 is 5.59. The summed E-state index contributed by atoms with van der Waals surface area (Å²) in [4.78, 5) is 17.0. The van der Waals surface area contributed by atoms with Crippen LogP contribution in [-0.2, 0) is 4.57 Å². The third kappa shape index (κ3) is 2.25. The second kappa shape index (κ2) is 4.02. The molecule has 14 heavy (non-hydrogen) atoms. The third-order valence-corrected chi connectivity index (χ3v) is 3.67. The van der Waals surface area contributed by atoms with Gasteiger partial charge in [-0.3, -0.25) is 4.57 Å². The van der Waals surface area contributed by atoms with Gasteiger partial charge in [0, 0.05) is 0 Å². The van der Waals surface area contributed by atoms with Gasteiger partial charge in [0.25, 0.3) is 0 Å². The molecule has 2 atom stereocenters. The highest BCUT2D eigenvalue weighted by Gasteiger charge is 2.57. The molecule has 0 saturated carbocycles. The van der Waals surface area contributed by atoms with Gasteiger partial charge in [-0.15, -0.1) is 11.6 Å². The van der Waals surface area contributed by atoms with Gasteiger partial charge < -0.3 is 15.1 Å². The van der Waals surface area contributed by atoms with E-state index in [2.05, 4.69) is 5.32 Å². The van der Waals surface area contributed by atoms with Crippen LogP contribution in [0.2, 0.25) is 0 Å². The number of piperidine rings is 1. The molecule has 1 aliphatic rings. The maximum Gasteiger partial charge on any atom is 0.396 e. The van der Waals surface area contributed by atoms with Gasteiger partial charge in [0.1, 0.15) is 6.04 Å². The van der Waals surface area contributed by atoms with E-state index in [4.69, 9.17) is 21.4 Å². The van der Waals surface area contributed by atoms with Crippen molar-refractivity contribution in [3.05, 3.63) is 0 Å². The second-order valence-corrected chi connectivity index (χ2v) is 5.47. The average Bonchev–Trinajstić information content (AvgIpc) is 2.02. The van der Waals surface area contributed by atoms with Crippen molar-refractivity contribution in [2.24, 2.45) is 0 Å². The number of halogens is 3. The third-order valence-electron chi connectivity index (χ3n) is 2.15. The van der Waals surface area contributed by atoms with Crippen LogP contribution in [0.1, 0.15) is 12.8 Å². The van der Waals surface area contributed by atoms with Crippen LogP contribution in [0, 0.1) is 0 Å². The van der Waals surface area contributed by atoms with Gasteiger partial charge in [0.2, 0.25) is 0 Å². The first-order valence-electron chi connectivity index (χ1n) is 4.07. The lowest BCUT2D eigenvalue weighted by Crippen LogP contribution is -2.53. The maximum absolute atomic E-state index is 13.2. The van der Waals surface area contributed by atoms with Gasteiger partial charge >= 0.3 is 13.3 Å². The van der Waals surface area contributed by atoms with E-state index in [9.17, 15) is 13.3 Å². The summed E-state index contributed by atoms with van der Waals surface area (Å²) in [6.07, 6.45) is 0.955. The smallest absolute Gasteiger partial charge is 0.320 e. The van der Waals surface area contributed by atoms with E-state index in [0.29, 0.717) is 19.4 Å². The zero-order valence-corrected chi connectivity index (χ0v) is 8.81. The highest BCUT2D eigenvalue weighted by Crippen LogP contribution is 2.56. The van der Waals surface area contributed by atoms with Crippen LogP contribution in [0.5, 0.6) is 0 Å². The maximum atomic E-state index is 13.2. The van der Waals surface area contributed by atoms with E-state index < -0.39 is 24.7 Å². The van der Waals surface area contributed by atoms with Crippen molar-refractivity contribution >= 4 is 19.2 Å². The molecule has 3 N–H and O–H groups in total. The molecule has 0 bridgehead atoms. The Labute approximate surface area is 84.8 Å². The van der Waals surface area contributed by atoms with E-state index >= 15 is 0 Å². The van der Waals surface area contributed by atoms with Crippen molar-refractivity contribution < 1.29 is 23.1 Å². The highest BCUT2D eigenvalue weighted by molar-refractivity contribution is 7.53. The van der Waals surface area contributed by atoms with Crippen LogP contribution in [0.4, 0.5) is 8.78 Å². The SMILES string of the molecule is O=P(O)(O)C(F)(F)C1NCCCC1Cl. The van der Waals surface area contributed by atoms with Crippen molar-refractivity contribution in [2.75, 3.05) is 6.54 Å². The van der Waals surface area contributed by atoms with Crippen molar-refractivity contribution in [3.8, 4) is 0 Å². The molecular formula is C6H11ClF2NO3P. The van der Waals surface area contributed by atoms with E-state index in [0.717, 1.165) is 0 Å². The summed E-state index contributed by atoms with van der Waals surface area (Å²) in [7, 11) is -5.45. The van der Waals surface area contributed by atoms with Gasteiger partial charge in [-0.1, -0.05) is 0 Å². The van der Waals surface area contributed by atoms with E-state index in [1.54, 1.807) is 0 Å². The molecule has 1 rings (SSSR count). The summed E-state index contributed by atoms with van der Waals surface area (Å²) in [6.45, 7) is 0.295. The molecule has 0 aromatic carbocycles. The zero-order chi connectivity index (χ0) is 11.0. The fraction of sp³-hybridized carbons (Fsp3) is 1.00. The second-order valence-electron chi connectivity index (χ2n) is 3.22. The Balaban J connectivity index is 2.85. The first-order chi connectivity index (χ1) is 6.27. The number of alkyl halides is 3. The minimum Gasteiger partial charge on any atom is -0.320 e. The average molecular weight is 250 g/mol. The van der Waals surface area contributed by atoms with Gasteiger partial charge in [-0.05, 0) is 19.4 Å². The van der Waals surface area contributed by atoms with Crippen LogP contribution in [-0.4, -0.2) is 33.4 Å². The molecule has 0 radical (unpaired) electrons. The predicted molar refractivity (Wildman–Crippen MR) is 47.7 cm³/mol. The Morgan fingerprint density at radius 2 is 2.07 bits per heavy atom. The number of hydrogen-bond acceptors (Lipinski definition) is 2. The van der Waals surface area contributed by atoms with Crippen molar-refractivity contribution in [1.29, 1.82) is 0 Å². The molecule has 4 nitrogen and oxygen atoms in total. The van der Waals surface area contributed by atoms with E-state index in [1.807, 2.05) is 0 Å². The van der Waals surface area contributed by atoms with Crippen LogP contribution in [0.25, 0.3) is 0 Å². The Kier molecular flexibility index (Phi) is 3.54. The molecule has 1 fully saturated rings. The van der Waals surface area contributed by atoms with Crippen LogP contribution < -0.4 is 5.32 Å². The Hall–Kier alpha value is 0.260. The highest BCUT2D eigenvalue weighted by atomic mass is 35.5. The zero-order valence-electron chi connectivity index (χ0n) is 7.16. The summed E-state index contributed by atoms with van der Waals surface area (Å²) in [6, 6.07) is -1.65. The lowest BCUT2D eigenvalue weighted by atomic mass is 10.0. The fourth-order valence-corrected chi connectivity index (χ4v) is 2.49. The molecule has 1 saturated heterocycles. The van der Waals surface area contributed by atoms with Gasteiger partial charge in [-0.2, -0.15) is 8.78 Å². The molecule has 0 aromatic heterocycles. The molecule has 8 heteroatoms. The topological polar surface area (TPSA) is 69.6 Å². The first-order valence-corrected chi connectivity index (χ1v) is 6.12. The minimum atomic E-state index is -5.45. The van der Waals surface area contributed by atoms with E-state index in [1.165, 1.54) is 0 Å². The molecule has 0 aromatic rings. The molecular weight excluding hydrogens is 238 g/mol.